The molecule has 4 aromatic rings. The molecular formula is C60H82N4O4. The van der Waals surface area contributed by atoms with Crippen LogP contribution in [0.25, 0.3) is 0 Å². The van der Waals surface area contributed by atoms with Crippen molar-refractivity contribution in [2.24, 2.45) is 20.0 Å². The number of nitrogens with zero attached hydrogens (tertiary/aromatic N) is 4. The second-order valence-corrected chi connectivity index (χ2v) is 24.0. The van der Waals surface area contributed by atoms with Crippen molar-refractivity contribution in [2.75, 3.05) is 0 Å². The largest absolute Gasteiger partial charge is 0.507 e. The maximum absolute atomic E-state index is 11.8. The lowest BCUT2D eigenvalue weighted by Crippen LogP contribution is -2.27. The van der Waals surface area contributed by atoms with Crippen LogP contribution in [0.3, 0.4) is 0 Å². The number of phenols is 4. The van der Waals surface area contributed by atoms with Crippen molar-refractivity contribution in [1.29, 1.82) is 0 Å². The molecule has 2 saturated carbocycles. The van der Waals surface area contributed by atoms with Crippen molar-refractivity contribution in [3.8, 4) is 23.0 Å². The summed E-state index contributed by atoms with van der Waals surface area (Å²) in [5, 5.41) is 46.2. The molecule has 0 aliphatic heterocycles. The SMILES string of the molecule is CCc1cc(C=N[C@H]2CCCC[C@@H]2N=Cc2cc(Cc3cc(C=N[C@H]4CCCC[C@@H]4N=Cc4cc(C)cc(C(C)(C)C)c4O)c(O)c(C(C)(C)C)c3)cc(C(C)(C)C)c2O)c(O)c(C(C)(C)C)c1. The van der Waals surface area contributed by atoms with Gasteiger partial charge in [0, 0.05) is 69.4 Å². The van der Waals surface area contributed by atoms with Crippen LogP contribution in [0, 0.1) is 6.92 Å². The maximum atomic E-state index is 11.8. The van der Waals surface area contributed by atoms with Gasteiger partial charge in [0.1, 0.15) is 23.0 Å². The summed E-state index contributed by atoms with van der Waals surface area (Å²) in [4.78, 5) is 20.4. The number of phenolic OH excluding ortho intramolecular Hbond substituents is 4. The molecule has 8 nitrogen and oxygen atoms in total. The van der Waals surface area contributed by atoms with Crippen molar-refractivity contribution >= 4 is 24.9 Å². The van der Waals surface area contributed by atoms with Gasteiger partial charge in [0.25, 0.3) is 0 Å². The zero-order valence-corrected chi connectivity index (χ0v) is 43.9. The van der Waals surface area contributed by atoms with E-state index in [1.54, 1.807) is 0 Å². The van der Waals surface area contributed by atoms with E-state index in [0.29, 0.717) is 23.3 Å². The average Bonchev–Trinajstić information content (AvgIpc) is 3.25. The van der Waals surface area contributed by atoms with Crippen LogP contribution in [-0.4, -0.2) is 69.5 Å². The molecule has 4 atom stereocenters. The molecule has 6 rings (SSSR count). The highest BCUT2D eigenvalue weighted by atomic mass is 16.3. The first kappa shape index (κ1) is 52.1. The number of hydrogen-bond acceptors (Lipinski definition) is 8. The molecule has 366 valence electrons. The molecule has 8 heteroatoms. The van der Waals surface area contributed by atoms with E-state index in [1.807, 2.05) is 37.0 Å². The van der Waals surface area contributed by atoms with E-state index in [1.165, 1.54) is 5.56 Å². The first-order valence-electron chi connectivity index (χ1n) is 25.3. The van der Waals surface area contributed by atoms with Crippen molar-refractivity contribution in [3.63, 3.8) is 0 Å². The van der Waals surface area contributed by atoms with E-state index < -0.39 is 0 Å². The molecule has 4 aromatic carbocycles. The van der Waals surface area contributed by atoms with Gasteiger partial charge < -0.3 is 20.4 Å². The normalized spacial score (nSPS) is 20.1. The van der Waals surface area contributed by atoms with Gasteiger partial charge in [-0.3, -0.25) is 20.0 Å². The van der Waals surface area contributed by atoms with E-state index in [0.717, 1.165) is 108 Å². The lowest BCUT2D eigenvalue weighted by atomic mass is 9.82. The zero-order valence-electron chi connectivity index (χ0n) is 43.9. The Labute approximate surface area is 408 Å². The number of aryl methyl sites for hydroxylation is 2. The van der Waals surface area contributed by atoms with Gasteiger partial charge in [-0.05, 0) is 114 Å². The molecule has 0 radical (unpaired) electrons. The van der Waals surface area contributed by atoms with Gasteiger partial charge in [-0.15, -0.1) is 0 Å². The summed E-state index contributed by atoms with van der Waals surface area (Å²) in [5.41, 5.74) is 9.65. The van der Waals surface area contributed by atoms with Crippen LogP contribution < -0.4 is 0 Å². The molecule has 2 fully saturated rings. The second kappa shape index (κ2) is 20.8. The Morgan fingerprint density at radius 1 is 0.412 bits per heavy atom. The summed E-state index contributed by atoms with van der Waals surface area (Å²) in [6, 6.07) is 16.3. The quantitative estimate of drug-likeness (QED) is 0.112. The summed E-state index contributed by atoms with van der Waals surface area (Å²) >= 11 is 0. The average molecular weight is 923 g/mol. The van der Waals surface area contributed by atoms with Crippen LogP contribution in [0.1, 0.15) is 208 Å². The first-order chi connectivity index (χ1) is 31.7. The van der Waals surface area contributed by atoms with Gasteiger partial charge in [0.05, 0.1) is 24.2 Å². The van der Waals surface area contributed by atoms with Gasteiger partial charge in [-0.25, -0.2) is 0 Å². The molecule has 0 bridgehead atoms. The summed E-state index contributed by atoms with van der Waals surface area (Å²) in [5.74, 6) is 1.05. The van der Waals surface area contributed by atoms with Gasteiger partial charge >= 0.3 is 0 Å². The number of hydrogen-bond donors (Lipinski definition) is 4. The van der Waals surface area contributed by atoms with Crippen LogP contribution in [0.2, 0.25) is 0 Å². The van der Waals surface area contributed by atoms with Gasteiger partial charge in [0.15, 0.2) is 0 Å². The number of aromatic hydroxyl groups is 4. The molecular weight excluding hydrogens is 841 g/mol. The Bertz CT molecular complexity index is 2550. The second-order valence-electron chi connectivity index (χ2n) is 24.0. The molecule has 0 unspecified atom stereocenters. The number of rotatable bonds is 11. The highest BCUT2D eigenvalue weighted by Crippen LogP contribution is 2.39. The van der Waals surface area contributed by atoms with E-state index in [4.69, 9.17) is 20.0 Å². The van der Waals surface area contributed by atoms with Gasteiger partial charge in [-0.2, -0.15) is 0 Å². The van der Waals surface area contributed by atoms with Crippen LogP contribution >= 0.6 is 0 Å². The Kier molecular flexibility index (Phi) is 15.9. The summed E-state index contributed by atoms with van der Waals surface area (Å²) < 4.78 is 0. The topological polar surface area (TPSA) is 130 Å². The molecule has 68 heavy (non-hydrogen) atoms. The lowest BCUT2D eigenvalue weighted by molar-refractivity contribution is 0.390. The highest BCUT2D eigenvalue weighted by Gasteiger charge is 2.29. The summed E-state index contributed by atoms with van der Waals surface area (Å²) in [6.45, 7) is 29.6. The number of benzene rings is 4. The monoisotopic (exact) mass is 923 g/mol. The number of aliphatic imine (C=N–C) groups is 4. The lowest BCUT2D eigenvalue weighted by Gasteiger charge is -2.27. The third-order valence-corrected chi connectivity index (χ3v) is 13.9. The molecule has 2 aliphatic carbocycles. The van der Waals surface area contributed by atoms with Crippen LogP contribution in [0.4, 0.5) is 0 Å². The smallest absolute Gasteiger partial charge is 0.128 e. The summed E-state index contributed by atoms with van der Waals surface area (Å²) in [6.07, 6.45) is 16.7. The highest BCUT2D eigenvalue weighted by molar-refractivity contribution is 5.88. The maximum Gasteiger partial charge on any atom is 0.128 e. The Morgan fingerprint density at radius 3 is 0.971 bits per heavy atom. The fraction of sp³-hybridized carbons (Fsp3) is 0.533. The Morgan fingerprint density at radius 2 is 0.676 bits per heavy atom. The van der Waals surface area contributed by atoms with Crippen LogP contribution in [0.5, 0.6) is 23.0 Å². The minimum Gasteiger partial charge on any atom is -0.507 e. The van der Waals surface area contributed by atoms with Crippen molar-refractivity contribution < 1.29 is 20.4 Å². The minimum atomic E-state index is -0.337. The molecule has 2 aliphatic rings. The van der Waals surface area contributed by atoms with E-state index in [-0.39, 0.29) is 63.1 Å². The Hall–Kier alpha value is -5.24. The molecule has 0 saturated heterocycles. The van der Waals surface area contributed by atoms with Crippen LogP contribution in [0.15, 0.2) is 68.5 Å². The zero-order chi connectivity index (χ0) is 49.9. The van der Waals surface area contributed by atoms with E-state index in [9.17, 15) is 20.4 Å². The van der Waals surface area contributed by atoms with E-state index in [2.05, 4.69) is 133 Å². The first-order valence-corrected chi connectivity index (χ1v) is 25.3. The van der Waals surface area contributed by atoms with Gasteiger partial charge in [0.2, 0.25) is 0 Å². The van der Waals surface area contributed by atoms with Crippen molar-refractivity contribution in [3.05, 3.63) is 115 Å². The fourth-order valence-electron chi connectivity index (χ4n) is 9.87. The summed E-state index contributed by atoms with van der Waals surface area (Å²) in [7, 11) is 0. The third kappa shape index (κ3) is 12.7. The standard InChI is InChI=1S/C60H82N4O4/c1-15-38-27-42(54(66)46(30-38)58(6,7)8)34-62-51-22-18-19-23-52(51)64-36-44-29-40(32-48(56(44)68)60(12,13)14)26-39-28-43(55(67)47(31-39)59(9,10)11)35-63-50-21-17-16-20-49(50)61-33-41-24-37(2)25-45(53(41)65)57(3,4)5/h24-25,27-36,49-52,65-68H,15-23,26H2,1-14H3/t49-,50-,51-,52-/m0/s1. The molecule has 0 spiro atoms. The van der Waals surface area contributed by atoms with Crippen molar-refractivity contribution in [2.45, 2.75) is 207 Å². The van der Waals surface area contributed by atoms with Crippen LogP contribution in [-0.2, 0) is 34.5 Å². The van der Waals surface area contributed by atoms with Gasteiger partial charge in [-0.1, -0.05) is 140 Å². The predicted octanol–water partition coefficient (Wildman–Crippen LogP) is 13.9. The molecule has 0 heterocycles. The van der Waals surface area contributed by atoms with Crippen molar-refractivity contribution in [1.82, 2.24) is 0 Å². The molecule has 0 amide bonds. The fourth-order valence-corrected chi connectivity index (χ4v) is 9.87. The molecule has 4 N–H and O–H groups in total. The Balaban J connectivity index is 1.30. The molecule has 0 aromatic heterocycles. The van der Waals surface area contributed by atoms with E-state index >= 15 is 0 Å². The third-order valence-electron chi connectivity index (χ3n) is 13.9. The predicted molar refractivity (Wildman–Crippen MR) is 287 cm³/mol. The minimum absolute atomic E-state index is 0.0399.